The molecule has 2 saturated carbocycles. The third kappa shape index (κ3) is 2.81. The summed E-state index contributed by atoms with van der Waals surface area (Å²) in [5.74, 6) is -0.198. The van der Waals surface area contributed by atoms with Crippen molar-refractivity contribution in [1.29, 1.82) is 0 Å². The second-order valence-electron chi connectivity index (χ2n) is 11.5. The van der Waals surface area contributed by atoms with Crippen molar-refractivity contribution >= 4 is 35.0 Å². The number of rotatable bonds is 4. The number of imide groups is 2. The summed E-state index contributed by atoms with van der Waals surface area (Å²) in [7, 11) is 0. The van der Waals surface area contributed by atoms with Crippen molar-refractivity contribution < 1.29 is 19.2 Å². The van der Waals surface area contributed by atoms with Crippen LogP contribution >= 0.6 is 0 Å². The van der Waals surface area contributed by atoms with Crippen molar-refractivity contribution in [2.75, 3.05) is 9.80 Å². The summed E-state index contributed by atoms with van der Waals surface area (Å²) in [6.45, 7) is 0. The molecule has 184 valence electrons. The quantitative estimate of drug-likeness (QED) is 0.481. The molecule has 6 nitrogen and oxygen atoms in total. The van der Waals surface area contributed by atoms with E-state index in [1.165, 1.54) is 9.80 Å². The van der Waals surface area contributed by atoms with E-state index in [0.29, 0.717) is 17.8 Å². The molecular formula is C31H26N2O4. The van der Waals surface area contributed by atoms with Gasteiger partial charge in [0.15, 0.2) is 0 Å². The van der Waals surface area contributed by atoms with Gasteiger partial charge in [0.2, 0.25) is 23.6 Å². The number of amides is 4. The van der Waals surface area contributed by atoms with E-state index in [1.54, 1.807) is 0 Å². The number of carbonyl (C=O) groups excluding carboxylic acids is 4. The molecule has 0 spiro atoms. The van der Waals surface area contributed by atoms with Gasteiger partial charge in [0.05, 0.1) is 35.0 Å². The standard InChI is InChI=1S/C31H26N2O4/c34-28-24-18-5-6-19(14-18)25(24)29(35)32(28)22-9-1-16(2-10-22)13-17-3-11-23(12-4-17)33-30(36)26-20-7-8-21(15-20)27(26)31(33)37/h1-12,18-21,24-27H,13-15H2/t18-,19-,20-,21+,24-,25-,26-,27+/m0/s1. The summed E-state index contributed by atoms with van der Waals surface area (Å²) in [6, 6.07) is 15.3. The first-order chi connectivity index (χ1) is 18.0. The third-order valence-electron chi connectivity index (χ3n) is 9.74. The van der Waals surface area contributed by atoms with Crippen LogP contribution in [0.4, 0.5) is 11.4 Å². The fourth-order valence-electron chi connectivity index (χ4n) is 8.08. The highest BCUT2D eigenvalue weighted by molar-refractivity contribution is 6.23. The van der Waals surface area contributed by atoms with Crippen LogP contribution in [0.1, 0.15) is 24.0 Å². The second-order valence-corrected chi connectivity index (χ2v) is 11.5. The largest absolute Gasteiger partial charge is 0.274 e. The van der Waals surface area contributed by atoms with Gasteiger partial charge in [0.1, 0.15) is 0 Å². The lowest BCUT2D eigenvalue weighted by atomic mass is 9.85. The Balaban J connectivity index is 0.973. The molecule has 4 aliphatic carbocycles. The minimum absolute atomic E-state index is 0.0610. The van der Waals surface area contributed by atoms with Gasteiger partial charge in [0.25, 0.3) is 0 Å². The van der Waals surface area contributed by atoms with Crippen LogP contribution in [0.15, 0.2) is 72.8 Å². The lowest BCUT2D eigenvalue weighted by molar-refractivity contribution is -0.124. The summed E-state index contributed by atoms with van der Waals surface area (Å²) in [5, 5.41) is 0. The average Bonchev–Trinajstić information content (AvgIpc) is 3.74. The number of fused-ring (bicyclic) bond motifs is 10. The van der Waals surface area contributed by atoms with E-state index in [4.69, 9.17) is 0 Å². The minimum atomic E-state index is -0.193. The Kier molecular flexibility index (Phi) is 4.24. The molecule has 6 aliphatic rings. The van der Waals surface area contributed by atoms with Crippen molar-refractivity contribution in [2.24, 2.45) is 47.3 Å². The van der Waals surface area contributed by atoms with Crippen molar-refractivity contribution in [3.8, 4) is 0 Å². The fraction of sp³-hybridized carbons (Fsp3) is 0.355. The van der Waals surface area contributed by atoms with Crippen molar-refractivity contribution in [3.05, 3.63) is 84.0 Å². The molecule has 0 unspecified atom stereocenters. The van der Waals surface area contributed by atoms with Crippen LogP contribution in [-0.2, 0) is 25.6 Å². The van der Waals surface area contributed by atoms with Crippen molar-refractivity contribution in [1.82, 2.24) is 0 Å². The smallest absolute Gasteiger partial charge is 0.238 e. The number of hydrogen-bond donors (Lipinski definition) is 0. The molecule has 2 aromatic carbocycles. The Labute approximate surface area is 214 Å². The number of carbonyl (C=O) groups is 4. The third-order valence-corrected chi connectivity index (χ3v) is 9.74. The van der Waals surface area contributed by atoms with Gasteiger partial charge in [-0.3, -0.25) is 29.0 Å². The molecule has 6 heteroatoms. The van der Waals surface area contributed by atoms with Gasteiger partial charge in [-0.25, -0.2) is 0 Å². The van der Waals surface area contributed by atoms with Crippen LogP contribution in [-0.4, -0.2) is 23.6 Å². The highest BCUT2D eigenvalue weighted by Crippen LogP contribution is 2.54. The van der Waals surface area contributed by atoms with E-state index < -0.39 is 0 Å². The molecule has 0 aromatic heterocycles. The Bertz CT molecular complexity index is 1270. The highest BCUT2D eigenvalue weighted by Gasteiger charge is 2.60. The average molecular weight is 491 g/mol. The van der Waals surface area contributed by atoms with Gasteiger partial charge in [-0.1, -0.05) is 48.6 Å². The monoisotopic (exact) mass is 490 g/mol. The summed E-state index contributed by atoms with van der Waals surface area (Å²) in [5.41, 5.74) is 3.40. The Hall–Kier alpha value is -3.80. The molecule has 8 rings (SSSR count). The summed E-state index contributed by atoms with van der Waals surface area (Å²) < 4.78 is 0. The zero-order valence-corrected chi connectivity index (χ0v) is 20.2. The molecule has 2 heterocycles. The fourth-order valence-corrected chi connectivity index (χ4v) is 8.08. The van der Waals surface area contributed by atoms with E-state index in [-0.39, 0.29) is 71.0 Å². The number of hydrogen-bond acceptors (Lipinski definition) is 4. The molecule has 0 radical (unpaired) electrons. The van der Waals surface area contributed by atoms with Crippen LogP contribution in [0.3, 0.4) is 0 Å². The first kappa shape index (κ1) is 21.3. The van der Waals surface area contributed by atoms with Crippen molar-refractivity contribution in [3.63, 3.8) is 0 Å². The van der Waals surface area contributed by atoms with Crippen LogP contribution in [0.25, 0.3) is 0 Å². The molecule has 4 bridgehead atoms. The minimum Gasteiger partial charge on any atom is -0.274 e. The Morgan fingerprint density at radius 1 is 0.486 bits per heavy atom. The summed E-state index contributed by atoms with van der Waals surface area (Å²) in [4.78, 5) is 55.1. The maximum absolute atomic E-state index is 13.1. The van der Waals surface area contributed by atoms with Crippen LogP contribution < -0.4 is 9.80 Å². The predicted octanol–water partition coefficient (Wildman–Crippen LogP) is 3.90. The lowest BCUT2D eigenvalue weighted by Crippen LogP contribution is -2.32. The first-order valence-corrected chi connectivity index (χ1v) is 13.3. The molecular weight excluding hydrogens is 464 g/mol. The summed E-state index contributed by atoms with van der Waals surface area (Å²) >= 11 is 0. The highest BCUT2D eigenvalue weighted by atomic mass is 16.2. The number of nitrogens with zero attached hydrogens (tertiary/aromatic N) is 2. The van der Waals surface area contributed by atoms with E-state index in [1.807, 2.05) is 48.5 Å². The summed E-state index contributed by atoms with van der Waals surface area (Å²) in [6.07, 6.45) is 11.0. The first-order valence-electron chi connectivity index (χ1n) is 13.3. The van der Waals surface area contributed by atoms with Gasteiger partial charge in [-0.2, -0.15) is 0 Å². The number of allylic oxidation sites excluding steroid dienone is 4. The Morgan fingerprint density at radius 2 is 0.784 bits per heavy atom. The van der Waals surface area contributed by atoms with Crippen molar-refractivity contribution in [2.45, 2.75) is 19.3 Å². The van der Waals surface area contributed by atoms with E-state index in [0.717, 1.165) is 24.0 Å². The molecule has 2 saturated heterocycles. The zero-order valence-electron chi connectivity index (χ0n) is 20.2. The van der Waals surface area contributed by atoms with E-state index in [2.05, 4.69) is 24.3 Å². The zero-order chi connectivity index (χ0) is 25.0. The van der Waals surface area contributed by atoms with Crippen LogP contribution in [0.5, 0.6) is 0 Å². The molecule has 2 aromatic rings. The maximum atomic E-state index is 13.1. The second kappa shape index (κ2) is 7.37. The van der Waals surface area contributed by atoms with E-state index in [9.17, 15) is 19.2 Å². The molecule has 4 amide bonds. The Morgan fingerprint density at radius 3 is 1.08 bits per heavy atom. The molecule has 0 N–H and O–H groups in total. The van der Waals surface area contributed by atoms with Crippen LogP contribution in [0, 0.1) is 47.3 Å². The lowest BCUT2D eigenvalue weighted by Gasteiger charge is -2.18. The predicted molar refractivity (Wildman–Crippen MR) is 136 cm³/mol. The van der Waals surface area contributed by atoms with E-state index >= 15 is 0 Å². The molecule has 8 atom stereocenters. The van der Waals surface area contributed by atoms with Gasteiger partial charge >= 0.3 is 0 Å². The topological polar surface area (TPSA) is 74.8 Å². The van der Waals surface area contributed by atoms with Gasteiger partial charge in [-0.15, -0.1) is 0 Å². The number of benzene rings is 2. The van der Waals surface area contributed by atoms with Crippen LogP contribution in [0.2, 0.25) is 0 Å². The van der Waals surface area contributed by atoms with Gasteiger partial charge in [0, 0.05) is 0 Å². The number of anilines is 2. The molecule has 2 aliphatic heterocycles. The molecule has 37 heavy (non-hydrogen) atoms. The van der Waals surface area contributed by atoms with Gasteiger partial charge < -0.3 is 0 Å². The maximum Gasteiger partial charge on any atom is 0.238 e. The van der Waals surface area contributed by atoms with Gasteiger partial charge in [-0.05, 0) is 78.3 Å². The normalized spacial score (nSPS) is 36.4. The SMILES string of the molecule is O=C1[C@@H]2[C@@H](C(=O)N1c1ccc(Cc3ccc(N4C(=O)[C@@H]5[C@H](C4=O)[C@@H]4C=C[C@H]5C4)cc3)cc1)[C@H]1C=C[C@H]2C1. The molecule has 4 fully saturated rings.